The number of carbonyl (C=O) groups is 1. The number of nitrogens with zero attached hydrogens (tertiary/aromatic N) is 7. The molecule has 0 radical (unpaired) electrons. The van der Waals surface area contributed by atoms with Crippen molar-refractivity contribution in [3.05, 3.63) is 49.3 Å². The van der Waals surface area contributed by atoms with Crippen LogP contribution in [-0.2, 0) is 11.3 Å². The molecule has 4 aromatic heterocycles. The lowest BCUT2D eigenvalue weighted by molar-refractivity contribution is -0.116. The van der Waals surface area contributed by atoms with E-state index in [2.05, 4.69) is 39.3 Å². The second-order valence-electron chi connectivity index (χ2n) is 6.19. The van der Waals surface area contributed by atoms with Crippen LogP contribution in [0.3, 0.4) is 0 Å². The number of pyridine rings is 1. The van der Waals surface area contributed by atoms with E-state index in [0.29, 0.717) is 5.65 Å². The summed E-state index contributed by atoms with van der Waals surface area (Å²) < 4.78 is 5.28. The van der Waals surface area contributed by atoms with Crippen molar-refractivity contribution in [2.45, 2.75) is 26.4 Å². The second kappa shape index (κ2) is 6.43. The zero-order valence-electron chi connectivity index (χ0n) is 14.4. The number of amides is 1. The van der Waals surface area contributed by atoms with Crippen LogP contribution in [0, 0.1) is 0 Å². The van der Waals surface area contributed by atoms with E-state index in [0.717, 1.165) is 11.3 Å². The van der Waals surface area contributed by atoms with E-state index in [1.807, 2.05) is 29.1 Å². The number of carbonyl (C=O) groups excluding carboxylic acids is 1. The normalized spacial score (nSPS) is 11.3. The minimum Gasteiger partial charge on any atom is -0.328 e. The Labute approximate surface area is 149 Å². The van der Waals surface area contributed by atoms with E-state index in [9.17, 15) is 4.79 Å². The van der Waals surface area contributed by atoms with E-state index < -0.39 is 0 Å². The van der Waals surface area contributed by atoms with Gasteiger partial charge in [0.25, 0.3) is 0 Å². The highest BCUT2D eigenvalue weighted by Gasteiger charge is 2.12. The molecule has 0 atom stereocenters. The van der Waals surface area contributed by atoms with Crippen LogP contribution in [-0.4, -0.2) is 39.8 Å². The van der Waals surface area contributed by atoms with Gasteiger partial charge >= 0.3 is 0 Å². The summed E-state index contributed by atoms with van der Waals surface area (Å²) >= 11 is 0. The lowest BCUT2D eigenvalue weighted by Gasteiger charge is -2.10. The SMILES string of the molecule is CC(C)n1nccc1-c1ccc2nc(NC(=O)Cn3ccnc3)nn2c1. The molecule has 0 fully saturated rings. The Morgan fingerprint density at radius 1 is 1.23 bits per heavy atom. The number of rotatable bonds is 5. The largest absolute Gasteiger partial charge is 0.328 e. The molecular formula is C17H18N8O. The molecule has 0 spiro atoms. The number of anilines is 1. The topological polar surface area (TPSA) is 94.9 Å². The lowest BCUT2D eigenvalue weighted by Crippen LogP contribution is -2.18. The molecule has 132 valence electrons. The third-order valence-electron chi connectivity index (χ3n) is 3.92. The van der Waals surface area contributed by atoms with E-state index in [1.54, 1.807) is 34.0 Å². The predicted octanol–water partition coefficient (Wildman–Crippen LogP) is 2.01. The molecule has 0 aliphatic rings. The van der Waals surface area contributed by atoms with Crippen molar-refractivity contribution < 1.29 is 4.79 Å². The smallest absolute Gasteiger partial charge is 0.249 e. The summed E-state index contributed by atoms with van der Waals surface area (Å²) in [6.07, 6.45) is 8.59. The van der Waals surface area contributed by atoms with Crippen molar-refractivity contribution in [1.82, 2.24) is 33.9 Å². The van der Waals surface area contributed by atoms with E-state index in [4.69, 9.17) is 0 Å². The molecular weight excluding hydrogens is 332 g/mol. The molecule has 26 heavy (non-hydrogen) atoms. The van der Waals surface area contributed by atoms with Crippen LogP contribution >= 0.6 is 0 Å². The summed E-state index contributed by atoms with van der Waals surface area (Å²) in [6.45, 7) is 4.32. The summed E-state index contributed by atoms with van der Waals surface area (Å²) in [5.74, 6) is 0.0571. The van der Waals surface area contributed by atoms with Crippen LogP contribution in [0.2, 0.25) is 0 Å². The van der Waals surface area contributed by atoms with Gasteiger partial charge < -0.3 is 4.57 Å². The molecule has 0 bridgehead atoms. The average Bonchev–Trinajstić information content (AvgIpc) is 3.33. The molecule has 9 heteroatoms. The highest BCUT2D eigenvalue weighted by molar-refractivity contribution is 5.89. The lowest BCUT2D eigenvalue weighted by atomic mass is 10.2. The van der Waals surface area contributed by atoms with Gasteiger partial charge in [-0.25, -0.2) is 9.50 Å². The highest BCUT2D eigenvalue weighted by atomic mass is 16.2. The Bertz CT molecular complexity index is 1040. The zero-order valence-corrected chi connectivity index (χ0v) is 14.4. The first-order chi connectivity index (χ1) is 12.6. The zero-order chi connectivity index (χ0) is 18.1. The molecule has 4 aromatic rings. The average molecular weight is 350 g/mol. The molecule has 9 nitrogen and oxygen atoms in total. The molecule has 0 saturated carbocycles. The van der Waals surface area contributed by atoms with Crippen molar-refractivity contribution in [2.75, 3.05) is 5.32 Å². The summed E-state index contributed by atoms with van der Waals surface area (Å²) in [4.78, 5) is 20.3. The predicted molar refractivity (Wildman–Crippen MR) is 95.4 cm³/mol. The molecule has 0 unspecified atom stereocenters. The standard InChI is InChI=1S/C17H18N8O/c1-12(2)25-14(5-6-19-25)13-3-4-15-20-17(22-24(15)9-13)21-16(26)10-23-8-7-18-11-23/h3-9,11-12H,10H2,1-2H3,(H,21,22,26). The van der Waals surface area contributed by atoms with Gasteiger partial charge in [0, 0.05) is 36.4 Å². The number of hydrogen-bond donors (Lipinski definition) is 1. The van der Waals surface area contributed by atoms with E-state index >= 15 is 0 Å². The van der Waals surface area contributed by atoms with Gasteiger partial charge in [0.2, 0.25) is 11.9 Å². The van der Waals surface area contributed by atoms with Crippen molar-refractivity contribution >= 4 is 17.5 Å². The monoisotopic (exact) mass is 350 g/mol. The molecule has 1 N–H and O–H groups in total. The molecule has 4 rings (SSSR count). The van der Waals surface area contributed by atoms with Crippen LogP contribution in [0.5, 0.6) is 0 Å². The highest BCUT2D eigenvalue weighted by Crippen LogP contribution is 2.22. The fourth-order valence-corrected chi connectivity index (χ4v) is 2.75. The van der Waals surface area contributed by atoms with Gasteiger partial charge in [0.1, 0.15) is 6.54 Å². The summed E-state index contributed by atoms with van der Waals surface area (Å²) in [5.41, 5.74) is 2.63. The molecule has 0 aliphatic carbocycles. The van der Waals surface area contributed by atoms with Gasteiger partial charge in [-0.2, -0.15) is 10.1 Å². The molecule has 0 aliphatic heterocycles. The number of aromatic nitrogens is 7. The molecule has 4 heterocycles. The van der Waals surface area contributed by atoms with Gasteiger partial charge in [-0.15, -0.1) is 5.10 Å². The summed E-state index contributed by atoms with van der Waals surface area (Å²) in [5, 5.41) is 11.4. The molecule has 1 amide bonds. The second-order valence-corrected chi connectivity index (χ2v) is 6.19. The molecule has 0 aromatic carbocycles. The van der Waals surface area contributed by atoms with Crippen LogP contribution in [0.25, 0.3) is 16.9 Å². The van der Waals surface area contributed by atoms with E-state index in [-0.39, 0.29) is 24.4 Å². The minimum absolute atomic E-state index is 0.161. The van der Waals surface area contributed by atoms with Crippen LogP contribution in [0.4, 0.5) is 5.95 Å². The first-order valence-electron chi connectivity index (χ1n) is 8.26. The fraction of sp³-hybridized carbons (Fsp3) is 0.235. The fourth-order valence-electron chi connectivity index (χ4n) is 2.75. The Kier molecular flexibility index (Phi) is 3.96. The van der Waals surface area contributed by atoms with Gasteiger partial charge in [-0.1, -0.05) is 0 Å². The van der Waals surface area contributed by atoms with Crippen molar-refractivity contribution in [2.24, 2.45) is 0 Å². The maximum Gasteiger partial charge on any atom is 0.249 e. The Hall–Kier alpha value is -3.49. The summed E-state index contributed by atoms with van der Waals surface area (Å²) in [6, 6.07) is 6.05. The van der Waals surface area contributed by atoms with Crippen LogP contribution in [0.15, 0.2) is 49.3 Å². The number of hydrogen-bond acceptors (Lipinski definition) is 5. The van der Waals surface area contributed by atoms with Gasteiger partial charge in [-0.3, -0.25) is 14.8 Å². The Balaban J connectivity index is 1.58. The summed E-state index contributed by atoms with van der Waals surface area (Å²) in [7, 11) is 0. The van der Waals surface area contributed by atoms with Gasteiger partial charge in [0.15, 0.2) is 5.65 Å². The van der Waals surface area contributed by atoms with Crippen molar-refractivity contribution in [3.8, 4) is 11.3 Å². The quantitative estimate of drug-likeness (QED) is 0.594. The number of fused-ring (bicyclic) bond motifs is 1. The number of imidazole rings is 1. The maximum absolute atomic E-state index is 12.1. The third-order valence-corrected chi connectivity index (χ3v) is 3.92. The third kappa shape index (κ3) is 3.06. The van der Waals surface area contributed by atoms with Crippen LogP contribution in [0.1, 0.15) is 19.9 Å². The Morgan fingerprint density at radius 3 is 2.88 bits per heavy atom. The van der Waals surface area contributed by atoms with Crippen molar-refractivity contribution in [3.63, 3.8) is 0 Å². The van der Waals surface area contributed by atoms with Crippen LogP contribution < -0.4 is 5.32 Å². The Morgan fingerprint density at radius 2 is 2.12 bits per heavy atom. The minimum atomic E-state index is -0.211. The maximum atomic E-state index is 12.1. The first-order valence-corrected chi connectivity index (χ1v) is 8.26. The van der Waals surface area contributed by atoms with E-state index in [1.165, 1.54) is 0 Å². The first kappa shape index (κ1) is 16.0. The number of nitrogens with one attached hydrogen (secondary N) is 1. The molecule has 0 saturated heterocycles. The van der Waals surface area contributed by atoms with Gasteiger partial charge in [-0.05, 0) is 32.0 Å². The van der Waals surface area contributed by atoms with Crippen molar-refractivity contribution in [1.29, 1.82) is 0 Å². The van der Waals surface area contributed by atoms with Gasteiger partial charge in [0.05, 0.1) is 12.0 Å².